The van der Waals surface area contributed by atoms with Crippen LogP contribution in [0.1, 0.15) is 17.5 Å². The molecule has 0 unspecified atom stereocenters. The molecule has 0 aliphatic carbocycles. The summed E-state index contributed by atoms with van der Waals surface area (Å²) >= 11 is 3.34. The van der Waals surface area contributed by atoms with Crippen LogP contribution >= 0.6 is 15.9 Å². The Bertz CT molecular complexity index is 480. The Morgan fingerprint density at radius 1 is 1.44 bits per heavy atom. The highest BCUT2D eigenvalue weighted by molar-refractivity contribution is 9.10. The minimum atomic E-state index is -0.998. The zero-order valence-corrected chi connectivity index (χ0v) is 11.4. The van der Waals surface area contributed by atoms with Gasteiger partial charge in [-0.05, 0) is 29.7 Å². The minimum Gasteiger partial charge on any atom is -0.478 e. The van der Waals surface area contributed by atoms with E-state index in [4.69, 9.17) is 5.11 Å². The molecule has 5 heteroatoms. The lowest BCUT2D eigenvalue weighted by Gasteiger charge is -2.04. The number of aliphatic carboxylic acids is 1. The lowest BCUT2D eigenvalue weighted by Crippen LogP contribution is -2.02. The summed E-state index contributed by atoms with van der Waals surface area (Å²) in [6.07, 6.45) is 3.45. The van der Waals surface area contributed by atoms with Gasteiger partial charge < -0.3 is 9.84 Å². The molecule has 0 aliphatic rings. The van der Waals surface area contributed by atoms with Crippen molar-refractivity contribution in [3.8, 4) is 0 Å². The van der Waals surface area contributed by atoms with Crippen LogP contribution in [0.3, 0.4) is 0 Å². The van der Waals surface area contributed by atoms with E-state index in [0.29, 0.717) is 12.8 Å². The third-order valence-corrected chi connectivity index (χ3v) is 3.03. The number of ether oxygens (including phenoxy) is 1. The number of benzene rings is 1. The van der Waals surface area contributed by atoms with Crippen molar-refractivity contribution in [2.45, 2.75) is 12.8 Å². The predicted octanol–water partition coefficient (Wildman–Crippen LogP) is 2.65. The van der Waals surface area contributed by atoms with E-state index in [9.17, 15) is 9.59 Å². The third kappa shape index (κ3) is 4.71. The highest BCUT2D eigenvalue weighted by Crippen LogP contribution is 2.20. The smallest absolute Gasteiger partial charge is 0.328 e. The lowest BCUT2D eigenvalue weighted by molar-refractivity contribution is -0.140. The van der Waals surface area contributed by atoms with Crippen molar-refractivity contribution >= 4 is 33.9 Å². The molecule has 0 bridgehead atoms. The van der Waals surface area contributed by atoms with Crippen LogP contribution in [0, 0.1) is 0 Å². The van der Waals surface area contributed by atoms with Crippen molar-refractivity contribution in [1.29, 1.82) is 0 Å². The summed E-state index contributed by atoms with van der Waals surface area (Å²) in [5.41, 5.74) is 1.72. The highest BCUT2D eigenvalue weighted by Gasteiger charge is 2.04. The molecule has 0 fully saturated rings. The summed E-state index contributed by atoms with van der Waals surface area (Å²) < 4.78 is 5.37. The zero-order chi connectivity index (χ0) is 13.5. The van der Waals surface area contributed by atoms with Crippen LogP contribution in [0.5, 0.6) is 0 Å². The molecule has 0 aromatic heterocycles. The number of carbonyl (C=O) groups excluding carboxylic acids is 1. The first kappa shape index (κ1) is 14.4. The Morgan fingerprint density at radius 3 is 2.78 bits per heavy atom. The van der Waals surface area contributed by atoms with Crippen molar-refractivity contribution in [1.82, 2.24) is 0 Å². The molecule has 0 radical (unpaired) electrons. The Balaban J connectivity index is 2.80. The standard InChI is InChI=1S/C13H13BrO4/c1-18-13(17)7-3-9-2-5-11(14)10(8-9)4-6-12(15)16/h2,4-6,8H,3,7H2,1H3,(H,15,16)/b6-4+. The summed E-state index contributed by atoms with van der Waals surface area (Å²) in [5, 5.41) is 8.58. The molecule has 0 saturated carbocycles. The maximum Gasteiger partial charge on any atom is 0.328 e. The second-order valence-electron chi connectivity index (χ2n) is 3.60. The molecule has 0 spiro atoms. The molecule has 0 amide bonds. The van der Waals surface area contributed by atoms with Crippen LogP contribution in [0.15, 0.2) is 28.7 Å². The maximum atomic E-state index is 11.0. The number of carboxylic acid groups (broad SMARTS) is 1. The molecule has 1 rings (SSSR count). The number of hydrogen-bond acceptors (Lipinski definition) is 3. The van der Waals surface area contributed by atoms with Gasteiger partial charge in [0.2, 0.25) is 0 Å². The number of aryl methyl sites for hydroxylation is 1. The van der Waals surface area contributed by atoms with Gasteiger partial charge in [0.1, 0.15) is 0 Å². The number of rotatable bonds is 5. The molecule has 18 heavy (non-hydrogen) atoms. The second-order valence-corrected chi connectivity index (χ2v) is 4.46. The average molecular weight is 313 g/mol. The van der Waals surface area contributed by atoms with Gasteiger partial charge in [-0.3, -0.25) is 4.79 Å². The van der Waals surface area contributed by atoms with Gasteiger partial charge in [0.25, 0.3) is 0 Å². The molecule has 0 aliphatic heterocycles. The van der Waals surface area contributed by atoms with Crippen molar-refractivity contribution in [2.24, 2.45) is 0 Å². The first-order valence-electron chi connectivity index (χ1n) is 5.29. The Kier molecular flexibility index (Phi) is 5.58. The topological polar surface area (TPSA) is 63.6 Å². The van der Waals surface area contributed by atoms with Gasteiger partial charge in [-0.1, -0.05) is 28.1 Å². The van der Waals surface area contributed by atoms with Gasteiger partial charge in [0.05, 0.1) is 7.11 Å². The summed E-state index contributed by atoms with van der Waals surface area (Å²) in [6, 6.07) is 5.55. The van der Waals surface area contributed by atoms with Gasteiger partial charge in [-0.25, -0.2) is 4.79 Å². The molecule has 0 heterocycles. The molecule has 0 saturated heterocycles. The zero-order valence-electron chi connectivity index (χ0n) is 9.85. The van der Waals surface area contributed by atoms with Crippen molar-refractivity contribution in [3.05, 3.63) is 39.9 Å². The van der Waals surface area contributed by atoms with Gasteiger partial charge in [0.15, 0.2) is 0 Å². The summed E-state index contributed by atoms with van der Waals surface area (Å²) in [5.74, 6) is -1.26. The summed E-state index contributed by atoms with van der Waals surface area (Å²) in [7, 11) is 1.35. The first-order valence-corrected chi connectivity index (χ1v) is 6.08. The van der Waals surface area contributed by atoms with E-state index in [1.54, 1.807) is 0 Å². The van der Waals surface area contributed by atoms with Crippen molar-refractivity contribution < 1.29 is 19.4 Å². The average Bonchev–Trinajstić information content (AvgIpc) is 2.35. The van der Waals surface area contributed by atoms with Crippen molar-refractivity contribution in [2.75, 3.05) is 7.11 Å². The van der Waals surface area contributed by atoms with Crippen LogP contribution in [0.4, 0.5) is 0 Å². The largest absolute Gasteiger partial charge is 0.478 e. The van der Waals surface area contributed by atoms with E-state index in [2.05, 4.69) is 20.7 Å². The Labute approximate surface area is 113 Å². The summed E-state index contributed by atoms with van der Waals surface area (Å²) in [6.45, 7) is 0. The van der Waals surface area contributed by atoms with Crippen LogP contribution in [-0.2, 0) is 20.7 Å². The lowest BCUT2D eigenvalue weighted by atomic mass is 10.1. The monoisotopic (exact) mass is 312 g/mol. The molecule has 96 valence electrons. The molecule has 1 N–H and O–H groups in total. The maximum absolute atomic E-state index is 11.0. The quantitative estimate of drug-likeness (QED) is 0.670. The van der Waals surface area contributed by atoms with E-state index in [1.165, 1.54) is 13.2 Å². The van der Waals surface area contributed by atoms with Crippen molar-refractivity contribution in [3.63, 3.8) is 0 Å². The van der Waals surface area contributed by atoms with Gasteiger partial charge >= 0.3 is 11.9 Å². The van der Waals surface area contributed by atoms with E-state index >= 15 is 0 Å². The number of hydrogen-bond donors (Lipinski definition) is 1. The molecule has 4 nitrogen and oxygen atoms in total. The van der Waals surface area contributed by atoms with E-state index in [1.807, 2.05) is 18.2 Å². The molecular weight excluding hydrogens is 300 g/mol. The number of carbonyl (C=O) groups is 2. The van der Waals surface area contributed by atoms with Crippen LogP contribution in [0.25, 0.3) is 6.08 Å². The molecule has 1 aromatic carbocycles. The second kappa shape index (κ2) is 6.96. The van der Waals surface area contributed by atoms with E-state index < -0.39 is 5.97 Å². The predicted molar refractivity (Wildman–Crippen MR) is 71.1 cm³/mol. The van der Waals surface area contributed by atoms with Gasteiger partial charge in [-0.15, -0.1) is 0 Å². The fourth-order valence-electron chi connectivity index (χ4n) is 1.39. The van der Waals surface area contributed by atoms with Crippen LogP contribution < -0.4 is 0 Å². The Hall–Kier alpha value is -1.62. The number of esters is 1. The van der Waals surface area contributed by atoms with Crippen LogP contribution in [0.2, 0.25) is 0 Å². The number of carboxylic acids is 1. The SMILES string of the molecule is COC(=O)CCc1ccc(Br)c(/C=C/C(=O)O)c1. The third-order valence-electron chi connectivity index (χ3n) is 2.31. The fourth-order valence-corrected chi connectivity index (χ4v) is 1.76. The number of halogens is 1. The summed E-state index contributed by atoms with van der Waals surface area (Å²) in [4.78, 5) is 21.5. The minimum absolute atomic E-state index is 0.263. The normalized spacial score (nSPS) is 10.6. The van der Waals surface area contributed by atoms with E-state index in [-0.39, 0.29) is 5.97 Å². The first-order chi connectivity index (χ1) is 8.52. The fraction of sp³-hybridized carbons (Fsp3) is 0.231. The van der Waals surface area contributed by atoms with Crippen LogP contribution in [-0.4, -0.2) is 24.2 Å². The van der Waals surface area contributed by atoms with Gasteiger partial charge in [-0.2, -0.15) is 0 Å². The highest BCUT2D eigenvalue weighted by atomic mass is 79.9. The number of methoxy groups -OCH3 is 1. The van der Waals surface area contributed by atoms with Gasteiger partial charge in [0, 0.05) is 17.0 Å². The molecule has 1 aromatic rings. The van der Waals surface area contributed by atoms with E-state index in [0.717, 1.165) is 21.7 Å². The molecule has 0 atom stereocenters. The Morgan fingerprint density at radius 2 is 2.17 bits per heavy atom. The molecular formula is C13H13BrO4.